The van der Waals surface area contributed by atoms with Gasteiger partial charge in [0.1, 0.15) is 11.6 Å². The van der Waals surface area contributed by atoms with Crippen LogP contribution in [0, 0.1) is 11.6 Å². The molecule has 0 bridgehead atoms. The van der Waals surface area contributed by atoms with Gasteiger partial charge in [0.25, 0.3) is 0 Å². The minimum Gasteiger partial charge on any atom is -0.369 e. The van der Waals surface area contributed by atoms with Crippen LogP contribution in [0.2, 0.25) is 0 Å². The van der Waals surface area contributed by atoms with Crippen LogP contribution in [0.4, 0.5) is 8.78 Å². The zero-order valence-corrected chi connectivity index (χ0v) is 12.6. The van der Waals surface area contributed by atoms with Crippen molar-refractivity contribution >= 4 is 15.9 Å². The Morgan fingerprint density at radius 3 is 2.32 bits per heavy atom. The number of halogens is 2. The molecule has 1 aliphatic heterocycles. The van der Waals surface area contributed by atoms with Crippen molar-refractivity contribution < 1.29 is 22.0 Å². The Balaban J connectivity index is 2.04. The fourth-order valence-electron chi connectivity index (χ4n) is 2.45. The van der Waals surface area contributed by atoms with Gasteiger partial charge in [-0.2, -0.15) is 0 Å². The second kappa shape index (κ2) is 6.67. The van der Waals surface area contributed by atoms with Gasteiger partial charge in [-0.15, -0.1) is 0 Å². The van der Waals surface area contributed by atoms with E-state index in [9.17, 15) is 22.0 Å². The van der Waals surface area contributed by atoms with E-state index in [1.165, 1.54) is 0 Å². The molecule has 9 heteroatoms. The van der Waals surface area contributed by atoms with Gasteiger partial charge in [0.15, 0.2) is 4.90 Å². The van der Waals surface area contributed by atoms with Crippen LogP contribution >= 0.6 is 0 Å². The highest BCUT2D eigenvalue weighted by Gasteiger charge is 2.29. The topological polar surface area (TPSA) is 92.5 Å². The summed E-state index contributed by atoms with van der Waals surface area (Å²) >= 11 is 0. The van der Waals surface area contributed by atoms with Gasteiger partial charge in [0, 0.05) is 19.1 Å². The lowest BCUT2D eigenvalue weighted by Crippen LogP contribution is -2.46. The van der Waals surface area contributed by atoms with Gasteiger partial charge in [-0.3, -0.25) is 9.69 Å². The number of nitrogens with zero attached hydrogens (tertiary/aromatic N) is 1. The lowest BCUT2D eigenvalue weighted by Gasteiger charge is -2.31. The average molecular weight is 333 g/mol. The van der Waals surface area contributed by atoms with Crippen LogP contribution < -0.4 is 10.5 Å². The monoisotopic (exact) mass is 333 g/mol. The van der Waals surface area contributed by atoms with E-state index in [0.29, 0.717) is 25.9 Å². The maximum absolute atomic E-state index is 13.6. The van der Waals surface area contributed by atoms with Crippen LogP contribution in [0.15, 0.2) is 23.1 Å². The molecule has 1 aromatic carbocycles. The normalized spacial score (nSPS) is 17.5. The van der Waals surface area contributed by atoms with Crippen molar-refractivity contribution in [1.82, 2.24) is 9.62 Å². The van der Waals surface area contributed by atoms with Gasteiger partial charge in [0.05, 0.1) is 6.54 Å². The molecular weight excluding hydrogens is 316 g/mol. The first-order valence-electron chi connectivity index (χ1n) is 6.76. The molecule has 1 aromatic rings. The van der Waals surface area contributed by atoms with Gasteiger partial charge in [-0.1, -0.05) is 6.07 Å². The van der Waals surface area contributed by atoms with E-state index in [0.717, 1.165) is 18.2 Å². The van der Waals surface area contributed by atoms with Crippen molar-refractivity contribution in [3.05, 3.63) is 29.8 Å². The number of piperidine rings is 1. The summed E-state index contributed by atoms with van der Waals surface area (Å²) in [5, 5.41) is 0. The number of benzene rings is 1. The fraction of sp³-hybridized carbons (Fsp3) is 0.462. The third-order valence-corrected chi connectivity index (χ3v) is 5.05. The number of amides is 1. The van der Waals surface area contributed by atoms with E-state index in [4.69, 9.17) is 5.73 Å². The van der Waals surface area contributed by atoms with Gasteiger partial charge in [-0.05, 0) is 25.0 Å². The molecule has 1 amide bonds. The minimum atomic E-state index is -4.27. The summed E-state index contributed by atoms with van der Waals surface area (Å²) in [5.41, 5.74) is 5.09. The first kappa shape index (κ1) is 16.8. The van der Waals surface area contributed by atoms with Crippen molar-refractivity contribution in [2.45, 2.75) is 23.8 Å². The SMILES string of the molecule is NC(=O)CN1CCC(NS(=O)(=O)c2c(F)cccc2F)CC1. The van der Waals surface area contributed by atoms with Crippen LogP contribution in [0.5, 0.6) is 0 Å². The number of carbonyl (C=O) groups is 1. The third kappa shape index (κ3) is 3.99. The minimum absolute atomic E-state index is 0.113. The molecule has 0 atom stereocenters. The molecule has 22 heavy (non-hydrogen) atoms. The van der Waals surface area contributed by atoms with E-state index in [1.807, 2.05) is 0 Å². The molecule has 0 aromatic heterocycles. The van der Waals surface area contributed by atoms with E-state index in [-0.39, 0.29) is 6.54 Å². The molecule has 0 radical (unpaired) electrons. The molecule has 0 unspecified atom stereocenters. The third-order valence-electron chi connectivity index (χ3n) is 3.48. The smallest absolute Gasteiger partial charge is 0.246 e. The number of carbonyl (C=O) groups excluding carboxylic acids is 1. The summed E-state index contributed by atoms with van der Waals surface area (Å²) in [6.45, 7) is 1.08. The molecule has 0 spiro atoms. The largest absolute Gasteiger partial charge is 0.369 e. The average Bonchev–Trinajstić information content (AvgIpc) is 2.39. The number of hydrogen-bond acceptors (Lipinski definition) is 4. The quantitative estimate of drug-likeness (QED) is 0.805. The van der Waals surface area contributed by atoms with Crippen molar-refractivity contribution in [2.24, 2.45) is 5.73 Å². The van der Waals surface area contributed by atoms with Crippen LogP contribution in [0.1, 0.15) is 12.8 Å². The highest BCUT2D eigenvalue weighted by Crippen LogP contribution is 2.20. The van der Waals surface area contributed by atoms with E-state index in [1.54, 1.807) is 4.90 Å². The first-order chi connectivity index (χ1) is 10.3. The number of nitrogens with two attached hydrogens (primary N) is 1. The second-order valence-corrected chi connectivity index (χ2v) is 6.84. The fourth-order valence-corrected chi connectivity index (χ4v) is 3.89. The maximum Gasteiger partial charge on any atom is 0.246 e. The summed E-state index contributed by atoms with van der Waals surface area (Å²) in [6.07, 6.45) is 0.866. The molecule has 1 fully saturated rings. The molecule has 3 N–H and O–H groups in total. The highest BCUT2D eigenvalue weighted by atomic mass is 32.2. The molecule has 1 saturated heterocycles. The number of primary amides is 1. The van der Waals surface area contributed by atoms with Crippen LogP contribution in [-0.2, 0) is 14.8 Å². The second-order valence-electron chi connectivity index (χ2n) is 5.19. The van der Waals surface area contributed by atoms with E-state index >= 15 is 0 Å². The lowest BCUT2D eigenvalue weighted by molar-refractivity contribution is -0.119. The van der Waals surface area contributed by atoms with Gasteiger partial charge in [-0.25, -0.2) is 21.9 Å². The van der Waals surface area contributed by atoms with Crippen LogP contribution in [0.25, 0.3) is 0 Å². The summed E-state index contributed by atoms with van der Waals surface area (Å²) in [4.78, 5) is 11.7. The summed E-state index contributed by atoms with van der Waals surface area (Å²) < 4.78 is 53.7. The predicted molar refractivity (Wildman–Crippen MR) is 75.3 cm³/mol. The van der Waals surface area contributed by atoms with Gasteiger partial charge in [0.2, 0.25) is 15.9 Å². The highest BCUT2D eigenvalue weighted by molar-refractivity contribution is 7.89. The Hall–Kier alpha value is -1.58. The molecule has 2 rings (SSSR count). The maximum atomic E-state index is 13.6. The summed E-state index contributed by atoms with van der Waals surface area (Å²) in [7, 11) is -4.27. The predicted octanol–water partition coefficient (Wildman–Crippen LogP) is 0.193. The number of nitrogens with one attached hydrogen (secondary N) is 1. The molecule has 6 nitrogen and oxygen atoms in total. The first-order valence-corrected chi connectivity index (χ1v) is 8.25. The number of likely N-dealkylation sites (tertiary alicyclic amines) is 1. The van der Waals surface area contributed by atoms with E-state index < -0.39 is 38.5 Å². The van der Waals surface area contributed by atoms with Crippen LogP contribution in [0.3, 0.4) is 0 Å². The standard InChI is InChI=1S/C13H17F2N3O3S/c14-10-2-1-3-11(15)13(10)22(20,21)17-9-4-6-18(7-5-9)8-12(16)19/h1-3,9,17H,4-8H2,(H2,16,19). The lowest BCUT2D eigenvalue weighted by atomic mass is 10.1. The van der Waals surface area contributed by atoms with E-state index in [2.05, 4.69) is 4.72 Å². The number of rotatable bonds is 5. The summed E-state index contributed by atoms with van der Waals surface area (Å²) in [6, 6.07) is 2.46. The Labute approximate surface area is 127 Å². The van der Waals surface area contributed by atoms with Crippen molar-refractivity contribution in [2.75, 3.05) is 19.6 Å². The van der Waals surface area contributed by atoms with Crippen molar-refractivity contribution in [3.63, 3.8) is 0 Å². The molecule has 1 aliphatic rings. The van der Waals surface area contributed by atoms with Crippen LogP contribution in [-0.4, -0.2) is 44.9 Å². The summed E-state index contributed by atoms with van der Waals surface area (Å²) in [5.74, 6) is -2.70. The zero-order valence-electron chi connectivity index (χ0n) is 11.8. The Bertz CT molecular complexity index is 638. The Morgan fingerprint density at radius 2 is 1.82 bits per heavy atom. The molecule has 0 saturated carbocycles. The molecule has 122 valence electrons. The zero-order chi connectivity index (χ0) is 16.3. The van der Waals surface area contributed by atoms with Crippen molar-refractivity contribution in [1.29, 1.82) is 0 Å². The number of sulfonamides is 1. The van der Waals surface area contributed by atoms with Crippen molar-refractivity contribution in [3.8, 4) is 0 Å². The van der Waals surface area contributed by atoms with Gasteiger partial charge < -0.3 is 5.73 Å². The molecule has 1 heterocycles. The molecular formula is C13H17F2N3O3S. The Morgan fingerprint density at radius 1 is 1.27 bits per heavy atom. The van der Waals surface area contributed by atoms with Gasteiger partial charge >= 0.3 is 0 Å². The molecule has 0 aliphatic carbocycles. The number of hydrogen-bond donors (Lipinski definition) is 2. The Kier molecular flexibility index (Phi) is 5.09.